The molecule has 6 rings (SSSR count). The van der Waals surface area contributed by atoms with Crippen molar-refractivity contribution in [3.63, 3.8) is 0 Å². The summed E-state index contributed by atoms with van der Waals surface area (Å²) in [7, 11) is 0. The van der Waals surface area contributed by atoms with Gasteiger partial charge in [-0.25, -0.2) is 9.97 Å². The van der Waals surface area contributed by atoms with Gasteiger partial charge in [0.1, 0.15) is 6.61 Å². The molecule has 5 heterocycles. The number of nitrogens with one attached hydrogen (secondary N) is 2. The molecule has 9 heteroatoms. The molecule has 1 aliphatic heterocycles. The Morgan fingerprint density at radius 3 is 2.94 bits per heavy atom. The first-order valence-electron chi connectivity index (χ1n) is 11.3. The minimum absolute atomic E-state index is 0.240. The number of nitrogens with zero attached hydrogens (tertiary/aromatic N) is 5. The van der Waals surface area contributed by atoms with Gasteiger partial charge in [0.05, 0.1) is 5.54 Å². The molecule has 0 spiro atoms. The molecule has 0 saturated heterocycles. The van der Waals surface area contributed by atoms with Crippen molar-refractivity contribution in [1.82, 2.24) is 29.5 Å². The number of thioether (sulfide) groups is 1. The third-order valence-electron chi connectivity index (χ3n) is 6.20. The van der Waals surface area contributed by atoms with Crippen molar-refractivity contribution in [2.45, 2.75) is 30.7 Å². The summed E-state index contributed by atoms with van der Waals surface area (Å²) >= 11 is 1.65. The number of fused-ring (bicyclic) bond motifs is 4. The molecule has 0 fully saturated rings. The highest BCUT2D eigenvalue weighted by Gasteiger charge is 2.36. The van der Waals surface area contributed by atoms with Crippen LogP contribution in [0, 0.1) is 0 Å². The molecule has 172 valence electrons. The Bertz CT molecular complexity index is 1520. The second-order valence-electron chi connectivity index (χ2n) is 9.05. The number of aromatic nitrogens is 6. The number of benzene rings is 1. The molecule has 1 aromatic carbocycles. The molecule has 34 heavy (non-hydrogen) atoms. The first-order chi connectivity index (χ1) is 16.5. The van der Waals surface area contributed by atoms with Crippen LogP contribution in [0.2, 0.25) is 0 Å². The highest BCUT2D eigenvalue weighted by atomic mass is 32.2. The lowest BCUT2D eigenvalue weighted by Crippen LogP contribution is -2.25. The van der Waals surface area contributed by atoms with Gasteiger partial charge in [0, 0.05) is 46.5 Å². The van der Waals surface area contributed by atoms with Crippen LogP contribution in [0.4, 0.5) is 5.82 Å². The third-order valence-corrected chi connectivity index (χ3v) is 6.90. The summed E-state index contributed by atoms with van der Waals surface area (Å²) in [6.45, 7) is 5.54. The number of ether oxygens (including phenoxy) is 1. The van der Waals surface area contributed by atoms with Crippen molar-refractivity contribution < 1.29 is 4.74 Å². The lowest BCUT2D eigenvalue weighted by molar-refractivity contribution is 0.268. The number of para-hydroxylation sites is 1. The van der Waals surface area contributed by atoms with Crippen LogP contribution in [0.5, 0.6) is 6.01 Å². The molecule has 8 nitrogen and oxygen atoms in total. The zero-order valence-corrected chi connectivity index (χ0v) is 20.1. The summed E-state index contributed by atoms with van der Waals surface area (Å²) in [5.41, 5.74) is 4.54. The Hall–Kier alpha value is -3.59. The number of pyridine rings is 1. The largest absolute Gasteiger partial charge is 0.462 e. The maximum absolute atomic E-state index is 5.88. The van der Waals surface area contributed by atoms with Gasteiger partial charge in [-0.15, -0.1) is 11.8 Å². The number of rotatable bonds is 6. The molecule has 1 aliphatic rings. The predicted molar refractivity (Wildman–Crippen MR) is 136 cm³/mol. The fraction of sp³-hybridized carbons (Fsp3) is 0.280. The summed E-state index contributed by atoms with van der Waals surface area (Å²) in [5.74, 6) is 1.33. The van der Waals surface area contributed by atoms with Crippen molar-refractivity contribution in [3.8, 4) is 17.4 Å². The van der Waals surface area contributed by atoms with Crippen LogP contribution in [0.15, 0.2) is 53.8 Å². The molecule has 5 aromatic rings. The van der Waals surface area contributed by atoms with Gasteiger partial charge in [-0.2, -0.15) is 4.98 Å². The van der Waals surface area contributed by atoms with Crippen LogP contribution in [-0.2, 0) is 12.0 Å². The van der Waals surface area contributed by atoms with Crippen molar-refractivity contribution in [1.29, 1.82) is 0 Å². The van der Waals surface area contributed by atoms with Crippen LogP contribution in [-0.4, -0.2) is 48.9 Å². The van der Waals surface area contributed by atoms with E-state index >= 15 is 0 Å². The molecule has 2 N–H and O–H groups in total. The highest BCUT2D eigenvalue weighted by molar-refractivity contribution is 7.98. The molecule has 4 aromatic heterocycles. The van der Waals surface area contributed by atoms with Gasteiger partial charge in [-0.05, 0) is 44.2 Å². The van der Waals surface area contributed by atoms with Gasteiger partial charge < -0.3 is 15.0 Å². The lowest BCUT2D eigenvalue weighted by atomic mass is 10.1. The van der Waals surface area contributed by atoms with Gasteiger partial charge in [0.25, 0.3) is 6.01 Å². The van der Waals surface area contributed by atoms with E-state index in [4.69, 9.17) is 19.7 Å². The Kier molecular flexibility index (Phi) is 4.95. The lowest BCUT2D eigenvalue weighted by Gasteiger charge is -2.18. The Morgan fingerprint density at radius 2 is 2.06 bits per heavy atom. The minimum atomic E-state index is -0.240. The number of imidazole rings is 1. The molecule has 0 aliphatic carbocycles. The SMILES string of the molecule is CSc1cncc(-c2nc(NCCc3c[nH]c4ccccc34)c3nc4n(c3n2)C(C)(C)CO4)c1. The number of H-pyrrole nitrogens is 1. The number of hydrogen-bond donors (Lipinski definition) is 2. The molecule has 0 amide bonds. The maximum atomic E-state index is 5.88. The summed E-state index contributed by atoms with van der Waals surface area (Å²) in [6.07, 6.45) is 8.62. The van der Waals surface area contributed by atoms with E-state index in [0.717, 1.165) is 33.6 Å². The predicted octanol–water partition coefficient (Wildman–Crippen LogP) is 4.87. The van der Waals surface area contributed by atoms with Crippen molar-refractivity contribution in [2.75, 3.05) is 24.7 Å². The van der Waals surface area contributed by atoms with Crippen LogP contribution in [0.25, 0.3) is 33.5 Å². The zero-order chi connectivity index (χ0) is 23.3. The quantitative estimate of drug-likeness (QED) is 0.341. The van der Waals surface area contributed by atoms with Crippen molar-refractivity contribution in [2.24, 2.45) is 0 Å². The summed E-state index contributed by atoms with van der Waals surface area (Å²) < 4.78 is 7.96. The van der Waals surface area contributed by atoms with E-state index in [1.54, 1.807) is 18.0 Å². The molecular weight excluding hydrogens is 446 g/mol. The van der Waals surface area contributed by atoms with Gasteiger partial charge in [0.15, 0.2) is 22.8 Å². The maximum Gasteiger partial charge on any atom is 0.299 e. The van der Waals surface area contributed by atoms with Crippen LogP contribution in [0.3, 0.4) is 0 Å². The standard InChI is InChI=1S/C25H25N7OS/c1-25(2)14-33-24-29-20-22(27-9-8-15-12-28-19-7-5-4-6-18(15)19)30-21(31-23(20)32(24)25)16-10-17(34-3)13-26-11-16/h4-7,10-13,28H,8-9,14H2,1-3H3,(H,27,30,31). The molecule has 0 saturated carbocycles. The van der Waals surface area contributed by atoms with Gasteiger partial charge in [-0.3, -0.25) is 9.55 Å². The van der Waals surface area contributed by atoms with Crippen molar-refractivity contribution in [3.05, 3.63) is 54.5 Å². The Labute approximate surface area is 201 Å². The zero-order valence-electron chi connectivity index (χ0n) is 19.3. The monoisotopic (exact) mass is 471 g/mol. The molecular formula is C25H25N7OS. The molecule has 0 unspecified atom stereocenters. The van der Waals surface area contributed by atoms with Gasteiger partial charge in [-0.1, -0.05) is 18.2 Å². The fourth-order valence-corrected chi connectivity index (χ4v) is 4.86. The normalized spacial score (nSPS) is 14.4. The van der Waals surface area contributed by atoms with Crippen molar-refractivity contribution >= 4 is 39.6 Å². The van der Waals surface area contributed by atoms with E-state index in [1.807, 2.05) is 18.5 Å². The van der Waals surface area contributed by atoms with Gasteiger partial charge >= 0.3 is 0 Å². The van der Waals surface area contributed by atoms with Gasteiger partial charge in [0.2, 0.25) is 0 Å². The van der Waals surface area contributed by atoms with E-state index in [0.29, 0.717) is 30.8 Å². The van der Waals surface area contributed by atoms with E-state index in [-0.39, 0.29) is 5.54 Å². The van der Waals surface area contributed by atoms with E-state index in [9.17, 15) is 0 Å². The highest BCUT2D eigenvalue weighted by Crippen LogP contribution is 2.37. The molecule has 0 atom stereocenters. The van der Waals surface area contributed by atoms with Crippen LogP contribution in [0.1, 0.15) is 19.4 Å². The Balaban J connectivity index is 1.39. The molecule has 0 bridgehead atoms. The van der Waals surface area contributed by atoms with Crippen LogP contribution >= 0.6 is 11.8 Å². The summed E-state index contributed by atoms with van der Waals surface area (Å²) in [6, 6.07) is 11.0. The summed E-state index contributed by atoms with van der Waals surface area (Å²) in [4.78, 5) is 23.3. The van der Waals surface area contributed by atoms with Crippen LogP contribution < -0.4 is 10.1 Å². The topological polar surface area (TPSA) is 93.5 Å². The summed E-state index contributed by atoms with van der Waals surface area (Å²) in [5, 5.41) is 4.77. The average molecular weight is 472 g/mol. The van der Waals surface area contributed by atoms with E-state index in [2.05, 4.69) is 64.2 Å². The number of aromatic amines is 1. The number of hydrogen-bond acceptors (Lipinski definition) is 7. The third kappa shape index (κ3) is 3.47. The average Bonchev–Trinajstić information content (AvgIpc) is 3.52. The smallest absolute Gasteiger partial charge is 0.299 e. The fourth-order valence-electron chi connectivity index (χ4n) is 4.45. The minimum Gasteiger partial charge on any atom is -0.462 e. The Morgan fingerprint density at radius 1 is 1.18 bits per heavy atom. The van der Waals surface area contributed by atoms with E-state index in [1.165, 1.54) is 10.9 Å². The first-order valence-corrected chi connectivity index (χ1v) is 12.5. The second kappa shape index (κ2) is 8.02. The second-order valence-corrected chi connectivity index (χ2v) is 9.93. The van der Waals surface area contributed by atoms with E-state index < -0.39 is 0 Å². The number of anilines is 1. The molecule has 0 radical (unpaired) electrons. The first kappa shape index (κ1) is 21.0.